The summed E-state index contributed by atoms with van der Waals surface area (Å²) >= 11 is 0. The molecule has 0 atom stereocenters. The molecule has 2 aromatic carbocycles. The van der Waals surface area contributed by atoms with Gasteiger partial charge in [-0.1, -0.05) is 30.3 Å². The fraction of sp³-hybridized carbons (Fsp3) is 0.0800. The van der Waals surface area contributed by atoms with Gasteiger partial charge in [0.2, 0.25) is 0 Å². The lowest BCUT2D eigenvalue weighted by Gasteiger charge is -2.07. The smallest absolute Gasteiger partial charge is 0.261 e. The second-order valence-electron chi connectivity index (χ2n) is 7.51. The number of hydrogen-bond donors (Lipinski definition) is 0. The molecule has 3 heterocycles. The van der Waals surface area contributed by atoms with Crippen LogP contribution in [-0.4, -0.2) is 44.3 Å². The maximum absolute atomic E-state index is 13.2. The standard InChI is InChI=1S/C25H18N4O3/c1-28-24(31)19-9-5-6-17(23(19)25(28)32)14-22(30)20-15-21(16-10-12-26-13-11-16)29(27-20)18-7-3-2-4-8-18/h2-13,15H,14H2,1H3. The van der Waals surface area contributed by atoms with Gasteiger partial charge in [-0.2, -0.15) is 5.10 Å². The van der Waals surface area contributed by atoms with Crippen LogP contribution in [0, 0.1) is 0 Å². The number of carbonyl (C=O) groups excluding carboxylic acids is 3. The van der Waals surface area contributed by atoms with Gasteiger partial charge in [0, 0.05) is 31.4 Å². The zero-order valence-electron chi connectivity index (χ0n) is 17.2. The monoisotopic (exact) mass is 422 g/mol. The van der Waals surface area contributed by atoms with Crippen LogP contribution in [0.25, 0.3) is 16.9 Å². The summed E-state index contributed by atoms with van der Waals surface area (Å²) in [6.45, 7) is 0. The van der Waals surface area contributed by atoms with Gasteiger partial charge in [0.05, 0.1) is 22.5 Å². The van der Waals surface area contributed by atoms with E-state index < -0.39 is 0 Å². The molecule has 0 unspecified atom stereocenters. The number of rotatable bonds is 5. The molecular weight excluding hydrogens is 404 g/mol. The van der Waals surface area contributed by atoms with Gasteiger partial charge < -0.3 is 0 Å². The molecule has 0 bridgehead atoms. The molecule has 2 amide bonds. The van der Waals surface area contributed by atoms with Crippen molar-refractivity contribution in [1.82, 2.24) is 19.7 Å². The first-order chi connectivity index (χ1) is 15.5. The third-order valence-corrected chi connectivity index (χ3v) is 5.53. The molecule has 7 heteroatoms. The minimum atomic E-state index is -0.388. The van der Waals surface area contributed by atoms with Crippen molar-refractivity contribution in [3.63, 3.8) is 0 Å². The van der Waals surface area contributed by atoms with Gasteiger partial charge >= 0.3 is 0 Å². The molecule has 32 heavy (non-hydrogen) atoms. The summed E-state index contributed by atoms with van der Waals surface area (Å²) < 4.78 is 1.72. The van der Waals surface area contributed by atoms with E-state index in [-0.39, 0.29) is 29.7 Å². The molecule has 0 aliphatic carbocycles. The van der Waals surface area contributed by atoms with Gasteiger partial charge in [-0.05, 0) is 42.0 Å². The Bertz CT molecular complexity index is 1300. The molecular formula is C25H18N4O3. The lowest BCUT2D eigenvalue weighted by Crippen LogP contribution is -2.24. The molecule has 0 spiro atoms. The summed E-state index contributed by atoms with van der Waals surface area (Å²) in [4.78, 5) is 43.2. The zero-order chi connectivity index (χ0) is 22.2. The Kier molecular flexibility index (Phi) is 4.71. The molecule has 156 valence electrons. The van der Waals surface area contributed by atoms with E-state index in [2.05, 4.69) is 10.1 Å². The molecule has 0 N–H and O–H groups in total. The van der Waals surface area contributed by atoms with E-state index >= 15 is 0 Å². The normalized spacial score (nSPS) is 12.8. The average Bonchev–Trinajstić information content (AvgIpc) is 3.37. The topological polar surface area (TPSA) is 85.2 Å². The van der Waals surface area contributed by atoms with Crippen LogP contribution in [0.1, 0.15) is 36.8 Å². The molecule has 0 saturated heterocycles. The van der Waals surface area contributed by atoms with Crippen LogP contribution in [0.5, 0.6) is 0 Å². The third-order valence-electron chi connectivity index (χ3n) is 5.53. The highest BCUT2D eigenvalue weighted by molar-refractivity contribution is 6.22. The summed E-state index contributed by atoms with van der Waals surface area (Å²) in [5.74, 6) is -0.980. The van der Waals surface area contributed by atoms with Crippen molar-refractivity contribution in [2.75, 3.05) is 7.05 Å². The van der Waals surface area contributed by atoms with Crippen LogP contribution in [0.2, 0.25) is 0 Å². The number of benzene rings is 2. The molecule has 1 aliphatic rings. The molecule has 4 aromatic rings. The second kappa shape index (κ2) is 7.70. The van der Waals surface area contributed by atoms with E-state index in [9.17, 15) is 14.4 Å². The van der Waals surface area contributed by atoms with Crippen LogP contribution in [0.3, 0.4) is 0 Å². The molecule has 0 radical (unpaired) electrons. The predicted octanol–water partition coefficient (Wildman–Crippen LogP) is 3.59. The van der Waals surface area contributed by atoms with Crippen molar-refractivity contribution in [3.05, 3.63) is 102 Å². The SMILES string of the molecule is CN1C(=O)c2cccc(CC(=O)c3cc(-c4ccncc4)n(-c4ccccc4)n3)c2C1=O. The number of nitrogens with zero attached hydrogens (tertiary/aromatic N) is 4. The highest BCUT2D eigenvalue weighted by Crippen LogP contribution is 2.27. The highest BCUT2D eigenvalue weighted by atomic mass is 16.2. The quantitative estimate of drug-likeness (QED) is 0.363. The first kappa shape index (κ1) is 19.6. The van der Waals surface area contributed by atoms with Gasteiger partial charge in [0.25, 0.3) is 11.8 Å². The van der Waals surface area contributed by atoms with Crippen molar-refractivity contribution in [2.45, 2.75) is 6.42 Å². The van der Waals surface area contributed by atoms with Gasteiger partial charge in [0.1, 0.15) is 5.69 Å². The number of pyridine rings is 1. The van der Waals surface area contributed by atoms with Crippen LogP contribution in [0.15, 0.2) is 79.1 Å². The maximum Gasteiger partial charge on any atom is 0.261 e. The summed E-state index contributed by atoms with van der Waals surface area (Å²) in [7, 11) is 1.44. The maximum atomic E-state index is 13.2. The van der Waals surface area contributed by atoms with E-state index in [0.717, 1.165) is 21.8 Å². The van der Waals surface area contributed by atoms with Crippen molar-refractivity contribution in [2.24, 2.45) is 0 Å². The zero-order valence-corrected chi connectivity index (χ0v) is 17.2. The number of para-hydroxylation sites is 1. The van der Waals surface area contributed by atoms with Gasteiger partial charge in [-0.3, -0.25) is 24.3 Å². The fourth-order valence-corrected chi connectivity index (χ4v) is 3.89. The number of amides is 2. The number of hydrogen-bond acceptors (Lipinski definition) is 5. The predicted molar refractivity (Wildman–Crippen MR) is 118 cm³/mol. The van der Waals surface area contributed by atoms with E-state index in [1.165, 1.54) is 7.05 Å². The van der Waals surface area contributed by atoms with Crippen molar-refractivity contribution in [3.8, 4) is 16.9 Å². The number of ketones is 1. The van der Waals surface area contributed by atoms with Gasteiger partial charge in [0.15, 0.2) is 5.78 Å². The number of imide groups is 1. The van der Waals surface area contributed by atoms with Gasteiger partial charge in [-0.25, -0.2) is 4.68 Å². The van der Waals surface area contributed by atoms with Crippen LogP contribution < -0.4 is 0 Å². The molecule has 7 nitrogen and oxygen atoms in total. The third kappa shape index (κ3) is 3.20. The molecule has 2 aromatic heterocycles. The Balaban J connectivity index is 1.55. The van der Waals surface area contributed by atoms with Crippen molar-refractivity contribution in [1.29, 1.82) is 0 Å². The van der Waals surface area contributed by atoms with E-state index in [1.807, 2.05) is 42.5 Å². The Morgan fingerprint density at radius 2 is 1.66 bits per heavy atom. The summed E-state index contributed by atoms with van der Waals surface area (Å²) in [6, 6.07) is 20.0. The van der Waals surface area contributed by atoms with E-state index in [1.54, 1.807) is 41.3 Å². The molecule has 5 rings (SSSR count). The largest absolute Gasteiger partial charge is 0.292 e. The number of carbonyl (C=O) groups is 3. The Labute approximate surface area is 183 Å². The molecule has 1 aliphatic heterocycles. The minimum absolute atomic E-state index is 0.0301. The first-order valence-corrected chi connectivity index (χ1v) is 10.1. The number of aromatic nitrogens is 3. The Morgan fingerprint density at radius 3 is 2.41 bits per heavy atom. The van der Waals surface area contributed by atoms with Crippen LogP contribution >= 0.6 is 0 Å². The second-order valence-corrected chi connectivity index (χ2v) is 7.51. The lowest BCUT2D eigenvalue weighted by atomic mass is 9.97. The first-order valence-electron chi connectivity index (χ1n) is 10.1. The van der Waals surface area contributed by atoms with Crippen molar-refractivity contribution < 1.29 is 14.4 Å². The molecule has 0 saturated carbocycles. The Hall–Kier alpha value is -4.39. The average molecular weight is 422 g/mol. The van der Waals surface area contributed by atoms with E-state index in [0.29, 0.717) is 16.7 Å². The highest BCUT2D eigenvalue weighted by Gasteiger charge is 2.35. The van der Waals surface area contributed by atoms with Gasteiger partial charge in [-0.15, -0.1) is 0 Å². The summed E-state index contributed by atoms with van der Waals surface area (Å²) in [6.07, 6.45) is 3.34. The van der Waals surface area contributed by atoms with E-state index in [4.69, 9.17) is 0 Å². The van der Waals surface area contributed by atoms with Crippen LogP contribution in [-0.2, 0) is 6.42 Å². The Morgan fingerprint density at radius 1 is 0.906 bits per heavy atom. The summed E-state index contributed by atoms with van der Waals surface area (Å²) in [5, 5.41) is 4.58. The summed E-state index contributed by atoms with van der Waals surface area (Å²) in [5.41, 5.74) is 3.88. The fourth-order valence-electron chi connectivity index (χ4n) is 3.89. The van der Waals surface area contributed by atoms with Crippen molar-refractivity contribution >= 4 is 17.6 Å². The molecule has 0 fully saturated rings. The number of Topliss-reactive ketones (excluding diaryl/α,β-unsaturated/α-hetero) is 1. The van der Waals surface area contributed by atoms with Crippen LogP contribution in [0.4, 0.5) is 0 Å². The lowest BCUT2D eigenvalue weighted by molar-refractivity contribution is 0.0693. The minimum Gasteiger partial charge on any atom is -0.292 e. The number of fused-ring (bicyclic) bond motifs is 1.